The van der Waals surface area contributed by atoms with Crippen LogP contribution in [-0.4, -0.2) is 23.6 Å². The fraction of sp³-hybridized carbons (Fsp3) is 0.222. The molecule has 0 atom stereocenters. The largest absolute Gasteiger partial charge is 0.486 e. The van der Waals surface area contributed by atoms with Gasteiger partial charge in [-0.15, -0.1) is 0 Å². The number of rotatable bonds is 3. The van der Waals surface area contributed by atoms with Crippen LogP contribution >= 0.6 is 0 Å². The second kappa shape index (κ2) is 4.28. The van der Waals surface area contributed by atoms with Crippen molar-refractivity contribution in [2.45, 2.75) is 6.42 Å². The van der Waals surface area contributed by atoms with Crippen LogP contribution < -0.4 is 0 Å². The quantitative estimate of drug-likeness (QED) is 0.649. The van der Waals surface area contributed by atoms with Crippen LogP contribution in [0.4, 0.5) is 0 Å². The number of hydrogen-bond donors (Lipinski definition) is 1. The first-order valence-electron chi connectivity index (χ1n) is 3.68. The number of carboxylic acid groups (broad SMARTS) is 1. The van der Waals surface area contributed by atoms with Crippen molar-refractivity contribution in [3.05, 3.63) is 29.6 Å². The van der Waals surface area contributed by atoms with Crippen LogP contribution in [0.3, 0.4) is 0 Å². The molecule has 4 heteroatoms. The van der Waals surface area contributed by atoms with Crippen LogP contribution in [0.5, 0.6) is 0 Å². The molecule has 4 nitrogen and oxygen atoms in total. The van der Waals surface area contributed by atoms with E-state index in [2.05, 4.69) is 0 Å². The van der Waals surface area contributed by atoms with Gasteiger partial charge in [-0.1, -0.05) is 6.08 Å². The van der Waals surface area contributed by atoms with Gasteiger partial charge in [-0.3, -0.25) is 0 Å². The van der Waals surface area contributed by atoms with E-state index in [0.29, 0.717) is 17.8 Å². The zero-order chi connectivity index (χ0) is 9.68. The summed E-state index contributed by atoms with van der Waals surface area (Å²) in [7, 11) is 0. The fourth-order valence-corrected chi connectivity index (χ4v) is 0.901. The van der Waals surface area contributed by atoms with Gasteiger partial charge in [-0.25, -0.2) is 9.59 Å². The third-order valence-corrected chi connectivity index (χ3v) is 1.46. The number of carbonyl (C=O) groups is 1. The molecule has 0 aromatic carbocycles. The molecule has 13 heavy (non-hydrogen) atoms. The summed E-state index contributed by atoms with van der Waals surface area (Å²) in [5.74, 6) is 1.17. The lowest BCUT2D eigenvalue weighted by Crippen LogP contribution is -2.07. The van der Waals surface area contributed by atoms with Crippen LogP contribution in [0.2, 0.25) is 0 Å². The average molecular weight is 180 g/mol. The van der Waals surface area contributed by atoms with Crippen molar-refractivity contribution < 1.29 is 19.4 Å². The van der Waals surface area contributed by atoms with Crippen LogP contribution in [-0.2, 0) is 14.3 Å². The first kappa shape index (κ1) is 9.29. The smallest absolute Gasteiger partial charge is 0.341 e. The summed E-state index contributed by atoms with van der Waals surface area (Å²) in [5, 5.41) is 8.31. The van der Waals surface area contributed by atoms with Gasteiger partial charge in [0.2, 0.25) is 0 Å². The molecule has 0 saturated carbocycles. The fourth-order valence-electron chi connectivity index (χ4n) is 0.901. The van der Waals surface area contributed by atoms with Gasteiger partial charge in [0, 0.05) is 12.0 Å². The van der Waals surface area contributed by atoms with E-state index >= 15 is 0 Å². The average Bonchev–Trinajstić information content (AvgIpc) is 2.15. The summed E-state index contributed by atoms with van der Waals surface area (Å²) >= 11 is 0. The highest BCUT2D eigenvalue weighted by atomic mass is 16.5. The van der Waals surface area contributed by atoms with Crippen LogP contribution in [0.15, 0.2) is 29.6 Å². The van der Waals surface area contributed by atoms with E-state index in [9.17, 15) is 9.59 Å². The van der Waals surface area contributed by atoms with Crippen molar-refractivity contribution in [1.29, 1.82) is 0 Å². The monoisotopic (exact) mass is 180 g/mol. The highest BCUT2D eigenvalue weighted by molar-refractivity contribution is 5.68. The minimum atomic E-state index is -1.04. The summed E-state index contributed by atoms with van der Waals surface area (Å²) in [5.41, 5.74) is 0.461. The number of ether oxygens (including phenoxy) is 1. The van der Waals surface area contributed by atoms with Gasteiger partial charge in [0.15, 0.2) is 6.61 Å². The molecule has 0 amide bonds. The van der Waals surface area contributed by atoms with Gasteiger partial charge in [-0.2, -0.15) is 0 Å². The highest BCUT2D eigenvalue weighted by Crippen LogP contribution is 2.15. The highest BCUT2D eigenvalue weighted by Gasteiger charge is 2.07. The SMILES string of the molecule is O=C=C1C=CC=C(OCC(=O)O)C1. The van der Waals surface area contributed by atoms with Crippen LogP contribution in [0.1, 0.15) is 6.42 Å². The third kappa shape index (κ3) is 2.97. The molecule has 1 N–H and O–H groups in total. The predicted molar refractivity (Wildman–Crippen MR) is 44.6 cm³/mol. The van der Waals surface area contributed by atoms with E-state index in [1.807, 2.05) is 0 Å². The van der Waals surface area contributed by atoms with Gasteiger partial charge < -0.3 is 9.84 Å². The van der Waals surface area contributed by atoms with E-state index in [0.717, 1.165) is 0 Å². The molecule has 0 unspecified atom stereocenters. The summed E-state index contributed by atoms with van der Waals surface area (Å²) in [6, 6.07) is 0. The molecular formula is C9H8O4. The van der Waals surface area contributed by atoms with Crippen LogP contribution in [0, 0.1) is 0 Å². The molecule has 0 aromatic rings. The number of aliphatic carboxylic acids is 1. The first-order chi connectivity index (χ1) is 6.22. The Bertz CT molecular complexity index is 319. The van der Waals surface area contributed by atoms with Gasteiger partial charge >= 0.3 is 5.97 Å². The summed E-state index contributed by atoms with van der Waals surface area (Å²) in [6.45, 7) is -0.383. The first-order valence-corrected chi connectivity index (χ1v) is 3.68. The van der Waals surface area contributed by atoms with Crippen molar-refractivity contribution in [3.8, 4) is 0 Å². The van der Waals surface area contributed by atoms with Crippen molar-refractivity contribution in [3.63, 3.8) is 0 Å². The Morgan fingerprint density at radius 1 is 1.69 bits per heavy atom. The lowest BCUT2D eigenvalue weighted by Gasteiger charge is -2.09. The molecule has 1 aliphatic carbocycles. The molecule has 1 rings (SSSR count). The van der Waals surface area contributed by atoms with Crippen molar-refractivity contribution in [2.24, 2.45) is 0 Å². The lowest BCUT2D eigenvalue weighted by molar-refractivity contribution is -0.140. The molecule has 0 fully saturated rings. The minimum absolute atomic E-state index is 0.313. The molecule has 0 aromatic heterocycles. The van der Waals surface area contributed by atoms with Crippen molar-refractivity contribution in [1.82, 2.24) is 0 Å². The zero-order valence-electron chi connectivity index (χ0n) is 6.82. The maximum atomic E-state index is 10.2. The maximum absolute atomic E-state index is 10.2. The van der Waals surface area contributed by atoms with Gasteiger partial charge in [0.05, 0.1) is 0 Å². The minimum Gasteiger partial charge on any atom is -0.486 e. The van der Waals surface area contributed by atoms with E-state index < -0.39 is 5.97 Å². The Kier molecular flexibility index (Phi) is 3.06. The third-order valence-electron chi connectivity index (χ3n) is 1.46. The molecule has 68 valence electrons. The number of hydrogen-bond acceptors (Lipinski definition) is 3. The van der Waals surface area contributed by atoms with Crippen molar-refractivity contribution in [2.75, 3.05) is 6.61 Å². The Balaban J connectivity index is 2.53. The molecule has 0 bridgehead atoms. The Morgan fingerprint density at radius 2 is 2.46 bits per heavy atom. The van der Waals surface area contributed by atoms with Crippen LogP contribution in [0.25, 0.3) is 0 Å². The number of carbonyl (C=O) groups excluding carboxylic acids is 1. The zero-order valence-corrected chi connectivity index (χ0v) is 6.82. The molecule has 1 aliphatic rings. The molecular weight excluding hydrogens is 172 g/mol. The number of allylic oxidation sites excluding steroid dienone is 4. The Labute approximate surface area is 74.8 Å². The topological polar surface area (TPSA) is 63.6 Å². The van der Waals surface area contributed by atoms with Gasteiger partial charge in [0.25, 0.3) is 0 Å². The standard InChI is InChI=1S/C9H8O4/c10-5-7-2-1-3-8(4-7)13-6-9(11)12/h1-3H,4,6H2,(H,11,12). The van der Waals surface area contributed by atoms with E-state index in [1.54, 1.807) is 24.2 Å². The van der Waals surface area contributed by atoms with Crippen molar-refractivity contribution >= 4 is 11.9 Å². The van der Waals surface area contributed by atoms with E-state index in [1.165, 1.54) is 0 Å². The number of carboxylic acids is 1. The normalized spacial score (nSPS) is 14.8. The lowest BCUT2D eigenvalue weighted by atomic mass is 10.1. The summed E-state index contributed by atoms with van der Waals surface area (Å²) < 4.78 is 4.89. The van der Waals surface area contributed by atoms with E-state index in [4.69, 9.17) is 9.84 Å². The van der Waals surface area contributed by atoms with Gasteiger partial charge in [-0.05, 0) is 12.2 Å². The maximum Gasteiger partial charge on any atom is 0.341 e. The molecule has 0 spiro atoms. The second-order valence-corrected chi connectivity index (χ2v) is 2.48. The van der Waals surface area contributed by atoms with Gasteiger partial charge in [0.1, 0.15) is 11.7 Å². The predicted octanol–water partition coefficient (Wildman–Crippen LogP) is 0.689. The Morgan fingerprint density at radius 3 is 3.08 bits per heavy atom. The molecule has 0 aliphatic heterocycles. The molecule has 0 radical (unpaired) electrons. The Hall–Kier alpha value is -1.80. The summed E-state index contributed by atoms with van der Waals surface area (Å²) in [6.07, 6.45) is 5.18. The van der Waals surface area contributed by atoms with E-state index in [-0.39, 0.29) is 6.61 Å². The molecule has 0 saturated heterocycles. The molecule has 0 heterocycles. The second-order valence-electron chi connectivity index (χ2n) is 2.48. The summed E-state index contributed by atoms with van der Waals surface area (Å²) in [4.78, 5) is 20.4.